The number of hydrogen-bond acceptors (Lipinski definition) is 2. The summed E-state index contributed by atoms with van der Waals surface area (Å²) in [7, 11) is 0. The molecule has 5 heteroatoms. The third-order valence-corrected chi connectivity index (χ3v) is 3.99. The molecule has 1 aliphatic heterocycles. The molecule has 1 aliphatic rings. The summed E-state index contributed by atoms with van der Waals surface area (Å²) in [5.41, 5.74) is 3.55. The summed E-state index contributed by atoms with van der Waals surface area (Å²) in [6, 6.07) is 7.77. The Morgan fingerprint density at radius 2 is 2.05 bits per heavy atom. The number of carbonyl (C=O) groups excluding carboxylic acids is 1. The van der Waals surface area contributed by atoms with Gasteiger partial charge < -0.3 is 4.90 Å². The number of hydrogen-bond donors (Lipinski definition) is 2. The second-order valence-corrected chi connectivity index (χ2v) is 5.66. The molecule has 1 aromatic rings. The Kier molecular flexibility index (Phi) is 5.54. The van der Waals surface area contributed by atoms with Gasteiger partial charge in [-0.15, -0.1) is 0 Å². The average Bonchev–Trinajstić information content (AvgIpc) is 2.42. The lowest BCUT2D eigenvalue weighted by molar-refractivity contribution is -0.896. The molecular formula is C14H19BrN3O+. The van der Waals surface area contributed by atoms with Crippen LogP contribution in [-0.4, -0.2) is 31.8 Å². The SMILES string of the molecule is O=C(C[NH+]1CCCCC1)NN=Cc1ccccc1Br. The maximum Gasteiger partial charge on any atom is 0.295 e. The zero-order valence-electron chi connectivity index (χ0n) is 10.9. The van der Waals surface area contributed by atoms with Gasteiger partial charge in [0.2, 0.25) is 0 Å². The van der Waals surface area contributed by atoms with Crippen molar-refractivity contribution in [2.45, 2.75) is 19.3 Å². The van der Waals surface area contributed by atoms with Crippen LogP contribution in [0.25, 0.3) is 0 Å². The van der Waals surface area contributed by atoms with E-state index in [1.165, 1.54) is 24.2 Å². The molecule has 4 nitrogen and oxygen atoms in total. The summed E-state index contributed by atoms with van der Waals surface area (Å²) in [6.07, 6.45) is 5.41. The minimum Gasteiger partial charge on any atom is -0.327 e. The van der Waals surface area contributed by atoms with Crippen LogP contribution in [0.2, 0.25) is 0 Å². The molecule has 1 aromatic carbocycles. The summed E-state index contributed by atoms with van der Waals surface area (Å²) in [4.78, 5) is 13.1. The van der Waals surface area contributed by atoms with Crippen LogP contribution in [0.3, 0.4) is 0 Å². The van der Waals surface area contributed by atoms with E-state index in [0.29, 0.717) is 6.54 Å². The number of benzene rings is 1. The zero-order valence-corrected chi connectivity index (χ0v) is 12.4. The van der Waals surface area contributed by atoms with Crippen molar-refractivity contribution in [2.75, 3.05) is 19.6 Å². The van der Waals surface area contributed by atoms with Crippen LogP contribution < -0.4 is 10.3 Å². The molecule has 0 bridgehead atoms. The number of hydrazone groups is 1. The molecule has 0 atom stereocenters. The Hall–Kier alpha value is -1.20. The first kappa shape index (κ1) is 14.2. The van der Waals surface area contributed by atoms with Crippen molar-refractivity contribution >= 4 is 28.1 Å². The van der Waals surface area contributed by atoms with Crippen LogP contribution in [0.1, 0.15) is 24.8 Å². The van der Waals surface area contributed by atoms with Gasteiger partial charge in [-0.2, -0.15) is 5.10 Å². The summed E-state index contributed by atoms with van der Waals surface area (Å²) in [5.74, 6) is -0.0137. The summed E-state index contributed by atoms with van der Waals surface area (Å²) in [5, 5.41) is 4.00. The first-order valence-electron chi connectivity index (χ1n) is 6.66. The molecule has 1 fully saturated rings. The van der Waals surface area contributed by atoms with Gasteiger partial charge in [0.05, 0.1) is 19.3 Å². The van der Waals surface area contributed by atoms with Crippen molar-refractivity contribution in [1.82, 2.24) is 5.43 Å². The third kappa shape index (κ3) is 4.76. The molecule has 1 saturated heterocycles. The standard InChI is InChI=1S/C14H18BrN3O/c15-13-7-3-2-6-12(13)10-16-17-14(19)11-18-8-4-1-5-9-18/h2-3,6-7,10H,1,4-5,8-9,11H2,(H,17,19)/p+1. The Balaban J connectivity index is 1.78. The number of piperidine rings is 1. The molecule has 2 N–H and O–H groups in total. The number of nitrogens with one attached hydrogen (secondary N) is 2. The van der Waals surface area contributed by atoms with Crippen molar-refractivity contribution in [3.05, 3.63) is 34.3 Å². The van der Waals surface area contributed by atoms with Gasteiger partial charge in [-0.1, -0.05) is 34.1 Å². The normalized spacial score (nSPS) is 16.7. The fourth-order valence-electron chi connectivity index (χ4n) is 2.25. The molecular weight excluding hydrogens is 306 g/mol. The van der Waals surface area contributed by atoms with Gasteiger partial charge >= 0.3 is 0 Å². The van der Waals surface area contributed by atoms with E-state index < -0.39 is 0 Å². The van der Waals surface area contributed by atoms with E-state index in [9.17, 15) is 4.79 Å². The predicted molar refractivity (Wildman–Crippen MR) is 79.3 cm³/mol. The molecule has 0 radical (unpaired) electrons. The number of quaternary nitrogens is 1. The molecule has 0 spiro atoms. The minimum absolute atomic E-state index is 0.0137. The van der Waals surface area contributed by atoms with Crippen molar-refractivity contribution in [3.8, 4) is 0 Å². The monoisotopic (exact) mass is 324 g/mol. The van der Waals surface area contributed by atoms with E-state index in [0.717, 1.165) is 23.1 Å². The van der Waals surface area contributed by atoms with Crippen molar-refractivity contribution in [1.29, 1.82) is 0 Å². The molecule has 0 aromatic heterocycles. The fraction of sp³-hybridized carbons (Fsp3) is 0.429. The maximum atomic E-state index is 11.7. The number of carbonyl (C=O) groups is 1. The molecule has 102 valence electrons. The highest BCUT2D eigenvalue weighted by atomic mass is 79.9. The summed E-state index contributed by atoms with van der Waals surface area (Å²) >= 11 is 3.44. The van der Waals surface area contributed by atoms with Gasteiger partial charge in [0, 0.05) is 10.0 Å². The number of amides is 1. The third-order valence-electron chi connectivity index (χ3n) is 3.27. The molecule has 0 aliphatic carbocycles. The van der Waals surface area contributed by atoms with Crippen molar-refractivity contribution < 1.29 is 9.69 Å². The summed E-state index contributed by atoms with van der Waals surface area (Å²) in [6.45, 7) is 2.72. The topological polar surface area (TPSA) is 45.9 Å². The highest BCUT2D eigenvalue weighted by molar-refractivity contribution is 9.10. The van der Waals surface area contributed by atoms with Crippen molar-refractivity contribution in [2.24, 2.45) is 5.10 Å². The maximum absolute atomic E-state index is 11.7. The van der Waals surface area contributed by atoms with E-state index in [4.69, 9.17) is 0 Å². The predicted octanol–water partition coefficient (Wildman–Crippen LogP) is 0.968. The second kappa shape index (κ2) is 7.40. The average molecular weight is 325 g/mol. The van der Waals surface area contributed by atoms with Gasteiger partial charge in [-0.25, -0.2) is 5.43 Å². The molecule has 2 rings (SSSR count). The van der Waals surface area contributed by atoms with Crippen LogP contribution >= 0.6 is 15.9 Å². The molecule has 1 amide bonds. The zero-order chi connectivity index (χ0) is 13.5. The smallest absolute Gasteiger partial charge is 0.295 e. The second-order valence-electron chi connectivity index (χ2n) is 4.80. The van der Waals surface area contributed by atoms with Gasteiger partial charge in [0.15, 0.2) is 6.54 Å². The van der Waals surface area contributed by atoms with E-state index in [2.05, 4.69) is 26.5 Å². The molecule has 19 heavy (non-hydrogen) atoms. The van der Waals surface area contributed by atoms with Crippen LogP contribution in [0, 0.1) is 0 Å². The molecule has 1 heterocycles. The van der Waals surface area contributed by atoms with E-state index in [1.807, 2.05) is 24.3 Å². The lowest BCUT2D eigenvalue weighted by Crippen LogP contribution is -3.13. The number of halogens is 1. The lowest BCUT2D eigenvalue weighted by Gasteiger charge is -2.22. The first-order chi connectivity index (χ1) is 9.25. The van der Waals surface area contributed by atoms with E-state index in [1.54, 1.807) is 6.21 Å². The minimum atomic E-state index is -0.0137. The fourth-order valence-corrected chi connectivity index (χ4v) is 2.64. The number of nitrogens with zero attached hydrogens (tertiary/aromatic N) is 1. The highest BCUT2D eigenvalue weighted by Gasteiger charge is 2.16. The Morgan fingerprint density at radius 3 is 2.79 bits per heavy atom. The van der Waals surface area contributed by atoms with E-state index in [-0.39, 0.29) is 5.91 Å². The van der Waals surface area contributed by atoms with Crippen LogP contribution in [-0.2, 0) is 4.79 Å². The molecule has 0 saturated carbocycles. The summed E-state index contributed by atoms with van der Waals surface area (Å²) < 4.78 is 0.967. The van der Waals surface area contributed by atoms with Gasteiger partial charge in [0.25, 0.3) is 5.91 Å². The van der Waals surface area contributed by atoms with Crippen LogP contribution in [0.15, 0.2) is 33.8 Å². The number of rotatable bonds is 4. The largest absolute Gasteiger partial charge is 0.327 e. The van der Waals surface area contributed by atoms with Gasteiger partial charge in [-0.05, 0) is 25.3 Å². The first-order valence-corrected chi connectivity index (χ1v) is 7.45. The Labute approximate surface area is 122 Å². The van der Waals surface area contributed by atoms with Crippen molar-refractivity contribution in [3.63, 3.8) is 0 Å². The lowest BCUT2D eigenvalue weighted by atomic mass is 10.1. The van der Waals surface area contributed by atoms with Crippen LogP contribution in [0.4, 0.5) is 0 Å². The van der Waals surface area contributed by atoms with Gasteiger partial charge in [0.1, 0.15) is 0 Å². The Morgan fingerprint density at radius 1 is 1.32 bits per heavy atom. The van der Waals surface area contributed by atoms with E-state index >= 15 is 0 Å². The van der Waals surface area contributed by atoms with Gasteiger partial charge in [-0.3, -0.25) is 4.79 Å². The Bertz CT molecular complexity index is 456. The highest BCUT2D eigenvalue weighted by Crippen LogP contribution is 2.13. The number of likely N-dealkylation sites (tertiary alicyclic amines) is 1. The quantitative estimate of drug-likeness (QED) is 0.629. The van der Waals surface area contributed by atoms with Crippen LogP contribution in [0.5, 0.6) is 0 Å². The molecule has 0 unspecified atom stereocenters.